The summed E-state index contributed by atoms with van der Waals surface area (Å²) in [6, 6.07) is 10.5. The van der Waals surface area contributed by atoms with Crippen molar-refractivity contribution in [1.82, 2.24) is 0 Å². The van der Waals surface area contributed by atoms with E-state index in [1.807, 2.05) is 6.07 Å². The van der Waals surface area contributed by atoms with Crippen LogP contribution in [0.3, 0.4) is 0 Å². The Kier molecular flexibility index (Phi) is 5.26. The molecule has 0 saturated carbocycles. The van der Waals surface area contributed by atoms with Crippen LogP contribution >= 0.6 is 11.6 Å². The standard InChI is InChI=1S/C16H21ClN.ClH/c1-12(2)14-10-18(3,4)11-15(17)16(14)13-8-6-5-7-9-13;/h5-9H,10-11H2,1-4H3;1H/q+1;/p-1. The maximum Gasteiger partial charge on any atom is 0.116 e. The fourth-order valence-corrected chi connectivity index (χ4v) is 3.07. The second-order valence-corrected chi connectivity index (χ2v) is 6.33. The van der Waals surface area contributed by atoms with Crippen LogP contribution in [0.5, 0.6) is 0 Å². The van der Waals surface area contributed by atoms with Crippen LogP contribution in [0.2, 0.25) is 0 Å². The second kappa shape index (κ2) is 6.13. The summed E-state index contributed by atoms with van der Waals surface area (Å²) >= 11 is 6.57. The van der Waals surface area contributed by atoms with Crippen molar-refractivity contribution < 1.29 is 16.9 Å². The Hall–Kier alpha value is -0.760. The summed E-state index contributed by atoms with van der Waals surface area (Å²) < 4.78 is 0.926. The number of halogens is 2. The molecule has 0 atom stereocenters. The first-order chi connectivity index (χ1) is 8.41. The van der Waals surface area contributed by atoms with Gasteiger partial charge < -0.3 is 16.9 Å². The highest BCUT2D eigenvalue weighted by Crippen LogP contribution is 2.36. The molecular formula is C16H21Cl2N. The minimum absolute atomic E-state index is 0. The Labute approximate surface area is 127 Å². The van der Waals surface area contributed by atoms with Crippen LogP contribution in [0.15, 0.2) is 46.5 Å². The molecule has 0 unspecified atom stereocenters. The van der Waals surface area contributed by atoms with Crippen molar-refractivity contribution in [1.29, 1.82) is 0 Å². The van der Waals surface area contributed by atoms with Gasteiger partial charge in [0.05, 0.1) is 19.1 Å². The summed E-state index contributed by atoms with van der Waals surface area (Å²) in [5, 5.41) is 0.980. The fraction of sp³-hybridized carbons (Fsp3) is 0.375. The van der Waals surface area contributed by atoms with E-state index in [2.05, 4.69) is 52.2 Å². The second-order valence-electron chi connectivity index (χ2n) is 5.88. The van der Waals surface area contributed by atoms with Gasteiger partial charge in [0.15, 0.2) is 0 Å². The molecule has 3 heteroatoms. The molecule has 0 aliphatic carbocycles. The predicted octanol–water partition coefficient (Wildman–Crippen LogP) is 1.07. The van der Waals surface area contributed by atoms with Crippen molar-refractivity contribution in [2.45, 2.75) is 13.8 Å². The van der Waals surface area contributed by atoms with Gasteiger partial charge >= 0.3 is 0 Å². The fourth-order valence-electron chi connectivity index (χ4n) is 2.53. The Bertz CT molecular complexity index is 509. The lowest BCUT2D eigenvalue weighted by molar-refractivity contribution is -0.881. The molecule has 104 valence electrons. The summed E-state index contributed by atoms with van der Waals surface area (Å²) in [5.74, 6) is 0. The molecule has 0 N–H and O–H groups in total. The summed E-state index contributed by atoms with van der Waals surface area (Å²) in [4.78, 5) is 0. The largest absolute Gasteiger partial charge is 1.00 e. The van der Waals surface area contributed by atoms with E-state index in [1.165, 1.54) is 22.3 Å². The van der Waals surface area contributed by atoms with Gasteiger partial charge in [-0.3, -0.25) is 0 Å². The molecule has 1 nitrogen and oxygen atoms in total. The molecule has 1 aromatic carbocycles. The smallest absolute Gasteiger partial charge is 0.116 e. The van der Waals surface area contributed by atoms with Crippen LogP contribution in [0.4, 0.5) is 0 Å². The van der Waals surface area contributed by atoms with E-state index in [0.717, 1.165) is 22.6 Å². The van der Waals surface area contributed by atoms with E-state index in [9.17, 15) is 0 Å². The van der Waals surface area contributed by atoms with E-state index >= 15 is 0 Å². The quantitative estimate of drug-likeness (QED) is 0.680. The summed E-state index contributed by atoms with van der Waals surface area (Å²) in [6.07, 6.45) is 0. The molecule has 0 bridgehead atoms. The molecule has 0 aromatic heterocycles. The van der Waals surface area contributed by atoms with Crippen LogP contribution in [0.25, 0.3) is 5.57 Å². The van der Waals surface area contributed by atoms with Crippen molar-refractivity contribution in [3.8, 4) is 0 Å². The molecule has 0 radical (unpaired) electrons. The number of benzene rings is 1. The predicted molar refractivity (Wildman–Crippen MR) is 79.4 cm³/mol. The van der Waals surface area contributed by atoms with Gasteiger partial charge in [0.2, 0.25) is 0 Å². The summed E-state index contributed by atoms with van der Waals surface area (Å²) in [5.41, 5.74) is 5.23. The number of nitrogens with zero attached hydrogens (tertiary/aromatic N) is 1. The minimum atomic E-state index is 0. The lowest BCUT2D eigenvalue weighted by Crippen LogP contribution is -3.00. The van der Waals surface area contributed by atoms with Crippen LogP contribution in [0, 0.1) is 0 Å². The highest BCUT2D eigenvalue weighted by atomic mass is 35.5. The highest BCUT2D eigenvalue weighted by molar-refractivity contribution is 6.33. The topological polar surface area (TPSA) is 0 Å². The van der Waals surface area contributed by atoms with Crippen LogP contribution in [-0.4, -0.2) is 31.7 Å². The maximum atomic E-state index is 6.57. The zero-order valence-corrected chi connectivity index (χ0v) is 13.5. The van der Waals surface area contributed by atoms with E-state index in [-0.39, 0.29) is 12.4 Å². The van der Waals surface area contributed by atoms with Crippen LogP contribution in [-0.2, 0) is 0 Å². The lowest BCUT2D eigenvalue weighted by atomic mass is 9.90. The van der Waals surface area contributed by atoms with Crippen molar-refractivity contribution in [3.63, 3.8) is 0 Å². The monoisotopic (exact) mass is 297 g/mol. The van der Waals surface area contributed by atoms with Crippen LogP contribution in [0.1, 0.15) is 19.4 Å². The molecule has 0 amide bonds. The molecule has 1 heterocycles. The first-order valence-corrected chi connectivity index (χ1v) is 6.71. The number of likely N-dealkylation sites (N-methyl/N-ethyl adjacent to an activating group) is 1. The third-order valence-corrected chi connectivity index (χ3v) is 3.70. The molecule has 1 aliphatic heterocycles. The van der Waals surface area contributed by atoms with Gasteiger partial charge in [0.25, 0.3) is 0 Å². The van der Waals surface area contributed by atoms with Crippen molar-refractivity contribution in [2.75, 3.05) is 27.2 Å². The summed E-state index contributed by atoms with van der Waals surface area (Å²) in [6.45, 7) is 6.30. The van der Waals surface area contributed by atoms with Gasteiger partial charge in [-0.15, -0.1) is 0 Å². The van der Waals surface area contributed by atoms with E-state index in [0.29, 0.717) is 0 Å². The summed E-state index contributed by atoms with van der Waals surface area (Å²) in [7, 11) is 4.46. The Morgan fingerprint density at radius 3 is 2.16 bits per heavy atom. The maximum absolute atomic E-state index is 6.57. The molecule has 1 aliphatic rings. The SMILES string of the molecule is CC(C)=C1C[N+](C)(C)CC(Cl)=C1c1ccccc1.[Cl-]. The molecule has 1 aromatic rings. The normalized spacial score (nSPS) is 18.1. The lowest BCUT2D eigenvalue weighted by Gasteiger charge is -2.36. The zero-order chi connectivity index (χ0) is 13.3. The third-order valence-electron chi connectivity index (χ3n) is 3.39. The van der Waals surface area contributed by atoms with Gasteiger partial charge in [-0.05, 0) is 19.4 Å². The first kappa shape index (κ1) is 16.3. The van der Waals surface area contributed by atoms with Crippen molar-refractivity contribution in [2.24, 2.45) is 0 Å². The van der Waals surface area contributed by atoms with Crippen LogP contribution < -0.4 is 12.4 Å². The van der Waals surface area contributed by atoms with E-state index in [4.69, 9.17) is 11.6 Å². The van der Waals surface area contributed by atoms with Crippen molar-refractivity contribution in [3.05, 3.63) is 52.1 Å². The molecule has 19 heavy (non-hydrogen) atoms. The van der Waals surface area contributed by atoms with Gasteiger partial charge in [0, 0.05) is 11.1 Å². The van der Waals surface area contributed by atoms with Gasteiger partial charge in [-0.2, -0.15) is 0 Å². The van der Waals surface area contributed by atoms with E-state index < -0.39 is 0 Å². The molecule has 0 spiro atoms. The first-order valence-electron chi connectivity index (χ1n) is 6.33. The Balaban J connectivity index is 0.00000180. The Morgan fingerprint density at radius 2 is 1.63 bits per heavy atom. The van der Waals surface area contributed by atoms with E-state index in [1.54, 1.807) is 0 Å². The number of allylic oxidation sites excluding steroid dienone is 1. The third kappa shape index (κ3) is 3.62. The minimum Gasteiger partial charge on any atom is -1.00 e. The molecule has 2 rings (SSSR count). The highest BCUT2D eigenvalue weighted by Gasteiger charge is 2.30. The average Bonchev–Trinajstić information content (AvgIpc) is 2.27. The Morgan fingerprint density at radius 1 is 1.05 bits per heavy atom. The number of rotatable bonds is 1. The number of hydrogen-bond acceptors (Lipinski definition) is 0. The number of hydrogen-bond donors (Lipinski definition) is 0. The zero-order valence-electron chi connectivity index (χ0n) is 12.0. The molecule has 0 saturated heterocycles. The number of quaternary nitrogens is 1. The van der Waals surface area contributed by atoms with Gasteiger partial charge in [-0.1, -0.05) is 47.5 Å². The van der Waals surface area contributed by atoms with Gasteiger partial charge in [-0.25, -0.2) is 0 Å². The molecule has 0 fully saturated rings. The van der Waals surface area contributed by atoms with Gasteiger partial charge in [0.1, 0.15) is 13.1 Å². The molecular weight excluding hydrogens is 277 g/mol. The average molecular weight is 298 g/mol. The van der Waals surface area contributed by atoms with Crippen molar-refractivity contribution >= 4 is 17.2 Å².